The molecule has 0 saturated carbocycles. The third-order valence-corrected chi connectivity index (χ3v) is 4.86. The second-order valence-corrected chi connectivity index (χ2v) is 8.64. The standard InChI is InChI=1S/C23H24ClN3O/c1-13(2)28-21-11-19(27-18-7-8-26-20(12-25)22(18)21)15-10-17(24)16(9-14(15)3)23(4,5)6/h7-11,13H,1-6H3. The first-order chi connectivity index (χ1) is 13.1. The van der Waals surface area contributed by atoms with E-state index in [1.54, 1.807) is 12.3 Å². The van der Waals surface area contributed by atoms with Crippen LogP contribution in [0.1, 0.15) is 51.4 Å². The van der Waals surface area contributed by atoms with E-state index in [9.17, 15) is 5.26 Å². The van der Waals surface area contributed by atoms with Gasteiger partial charge in [-0.05, 0) is 49.4 Å². The number of benzene rings is 1. The summed E-state index contributed by atoms with van der Waals surface area (Å²) in [6.07, 6.45) is 1.55. The van der Waals surface area contributed by atoms with E-state index in [1.165, 1.54) is 0 Å². The number of hydrogen-bond acceptors (Lipinski definition) is 4. The van der Waals surface area contributed by atoms with Crippen molar-refractivity contribution in [2.45, 2.75) is 53.1 Å². The van der Waals surface area contributed by atoms with Gasteiger partial charge in [0.2, 0.25) is 0 Å². The van der Waals surface area contributed by atoms with Crippen LogP contribution in [0.4, 0.5) is 0 Å². The van der Waals surface area contributed by atoms with Gasteiger partial charge in [0, 0.05) is 22.8 Å². The van der Waals surface area contributed by atoms with Gasteiger partial charge >= 0.3 is 0 Å². The van der Waals surface area contributed by atoms with E-state index in [0.29, 0.717) is 27.4 Å². The van der Waals surface area contributed by atoms with Crippen LogP contribution in [0.25, 0.3) is 22.2 Å². The molecule has 3 aromatic rings. The Morgan fingerprint density at radius 1 is 1.18 bits per heavy atom. The predicted molar refractivity (Wildman–Crippen MR) is 114 cm³/mol. The number of hydrogen-bond donors (Lipinski definition) is 0. The van der Waals surface area contributed by atoms with E-state index in [0.717, 1.165) is 22.4 Å². The van der Waals surface area contributed by atoms with Gasteiger partial charge in [-0.15, -0.1) is 0 Å². The Kier molecular flexibility index (Phi) is 5.32. The summed E-state index contributed by atoms with van der Waals surface area (Å²) in [5.41, 5.74) is 4.84. The highest BCUT2D eigenvalue weighted by molar-refractivity contribution is 6.31. The van der Waals surface area contributed by atoms with Crippen molar-refractivity contribution in [2.24, 2.45) is 0 Å². The fraction of sp³-hybridized carbons (Fsp3) is 0.348. The number of ether oxygens (including phenoxy) is 1. The number of nitriles is 1. The molecular formula is C23H24ClN3O. The van der Waals surface area contributed by atoms with Gasteiger partial charge in [-0.3, -0.25) is 0 Å². The summed E-state index contributed by atoms with van der Waals surface area (Å²) < 4.78 is 6.02. The first-order valence-electron chi connectivity index (χ1n) is 9.29. The molecule has 4 nitrogen and oxygen atoms in total. The fourth-order valence-electron chi connectivity index (χ4n) is 3.25. The minimum atomic E-state index is -0.0452. The maximum Gasteiger partial charge on any atom is 0.153 e. The highest BCUT2D eigenvalue weighted by Crippen LogP contribution is 2.37. The van der Waals surface area contributed by atoms with Crippen LogP contribution in [-0.4, -0.2) is 16.1 Å². The van der Waals surface area contributed by atoms with Crippen LogP contribution < -0.4 is 4.74 Å². The molecular weight excluding hydrogens is 370 g/mol. The van der Waals surface area contributed by atoms with Gasteiger partial charge < -0.3 is 4.74 Å². The zero-order valence-corrected chi connectivity index (χ0v) is 17.8. The lowest BCUT2D eigenvalue weighted by molar-refractivity contribution is 0.245. The summed E-state index contributed by atoms with van der Waals surface area (Å²) in [6.45, 7) is 12.4. The van der Waals surface area contributed by atoms with Gasteiger partial charge in [-0.1, -0.05) is 38.4 Å². The van der Waals surface area contributed by atoms with E-state index in [1.807, 2.05) is 26.0 Å². The average molecular weight is 394 g/mol. The molecule has 28 heavy (non-hydrogen) atoms. The number of aryl methyl sites for hydroxylation is 1. The SMILES string of the molecule is Cc1cc(C(C)(C)C)c(Cl)cc1-c1cc(OC(C)C)c2c(C#N)nccc2n1. The lowest BCUT2D eigenvalue weighted by Crippen LogP contribution is -2.12. The number of pyridine rings is 2. The molecule has 0 radical (unpaired) electrons. The number of rotatable bonds is 3. The van der Waals surface area contributed by atoms with Crippen LogP contribution in [0.3, 0.4) is 0 Å². The predicted octanol–water partition coefficient (Wildman–Crippen LogP) is 6.22. The molecule has 5 heteroatoms. The largest absolute Gasteiger partial charge is 0.490 e. The van der Waals surface area contributed by atoms with Crippen molar-refractivity contribution in [1.29, 1.82) is 5.26 Å². The number of nitrogens with zero attached hydrogens (tertiary/aromatic N) is 3. The summed E-state index contributed by atoms with van der Waals surface area (Å²) in [5, 5.41) is 10.8. The Morgan fingerprint density at radius 3 is 2.50 bits per heavy atom. The zero-order valence-electron chi connectivity index (χ0n) is 17.1. The third-order valence-electron chi connectivity index (χ3n) is 4.55. The van der Waals surface area contributed by atoms with E-state index in [4.69, 9.17) is 21.3 Å². The van der Waals surface area contributed by atoms with Crippen molar-refractivity contribution >= 4 is 22.5 Å². The second-order valence-electron chi connectivity index (χ2n) is 8.23. The second kappa shape index (κ2) is 7.41. The molecule has 0 aliphatic rings. The lowest BCUT2D eigenvalue weighted by atomic mass is 9.85. The average Bonchev–Trinajstić information content (AvgIpc) is 2.61. The quantitative estimate of drug-likeness (QED) is 0.530. The Hall–Kier alpha value is -2.64. The van der Waals surface area contributed by atoms with E-state index < -0.39 is 0 Å². The van der Waals surface area contributed by atoms with E-state index in [2.05, 4.69) is 44.8 Å². The topological polar surface area (TPSA) is 58.8 Å². The molecule has 2 aromatic heterocycles. The van der Waals surface area contributed by atoms with Crippen molar-refractivity contribution in [3.8, 4) is 23.1 Å². The Labute approximate surface area is 171 Å². The van der Waals surface area contributed by atoms with Crippen LogP contribution in [0.2, 0.25) is 5.02 Å². The van der Waals surface area contributed by atoms with Gasteiger partial charge in [0.25, 0.3) is 0 Å². The van der Waals surface area contributed by atoms with E-state index in [-0.39, 0.29) is 11.5 Å². The van der Waals surface area contributed by atoms with Crippen molar-refractivity contribution in [2.75, 3.05) is 0 Å². The molecule has 0 atom stereocenters. The smallest absolute Gasteiger partial charge is 0.153 e. The Morgan fingerprint density at radius 2 is 1.89 bits per heavy atom. The molecule has 0 aliphatic carbocycles. The zero-order chi connectivity index (χ0) is 20.6. The lowest BCUT2D eigenvalue weighted by Gasteiger charge is -2.22. The first kappa shape index (κ1) is 20.1. The highest BCUT2D eigenvalue weighted by atomic mass is 35.5. The van der Waals surface area contributed by atoms with Gasteiger partial charge in [0.05, 0.1) is 22.7 Å². The molecule has 0 spiro atoms. The molecule has 144 valence electrons. The molecule has 0 aliphatic heterocycles. The van der Waals surface area contributed by atoms with Crippen LogP contribution in [-0.2, 0) is 5.41 Å². The molecule has 0 fully saturated rings. The summed E-state index contributed by atoms with van der Waals surface area (Å²) in [7, 11) is 0. The summed E-state index contributed by atoms with van der Waals surface area (Å²) in [6, 6.07) is 9.90. The van der Waals surface area contributed by atoms with Crippen LogP contribution in [0.5, 0.6) is 5.75 Å². The monoisotopic (exact) mass is 393 g/mol. The van der Waals surface area contributed by atoms with Crippen molar-refractivity contribution in [1.82, 2.24) is 9.97 Å². The molecule has 0 amide bonds. The van der Waals surface area contributed by atoms with Crippen molar-refractivity contribution < 1.29 is 4.74 Å². The summed E-state index contributed by atoms with van der Waals surface area (Å²) >= 11 is 6.61. The Bertz CT molecular complexity index is 1090. The highest BCUT2D eigenvalue weighted by Gasteiger charge is 2.21. The van der Waals surface area contributed by atoms with Gasteiger partial charge in [-0.25, -0.2) is 9.97 Å². The molecule has 1 aromatic carbocycles. The molecule has 0 bridgehead atoms. The van der Waals surface area contributed by atoms with Crippen molar-refractivity contribution in [3.05, 3.63) is 52.3 Å². The first-order valence-corrected chi connectivity index (χ1v) is 9.67. The number of halogens is 1. The maximum absolute atomic E-state index is 9.45. The minimum Gasteiger partial charge on any atom is -0.490 e. The Balaban J connectivity index is 2.28. The van der Waals surface area contributed by atoms with Crippen molar-refractivity contribution in [3.63, 3.8) is 0 Å². The molecule has 0 unspecified atom stereocenters. The minimum absolute atomic E-state index is 0.0434. The van der Waals surface area contributed by atoms with E-state index >= 15 is 0 Å². The molecule has 2 heterocycles. The molecule has 0 N–H and O–H groups in total. The number of fused-ring (bicyclic) bond motifs is 1. The summed E-state index contributed by atoms with van der Waals surface area (Å²) in [4.78, 5) is 8.95. The van der Waals surface area contributed by atoms with Gasteiger partial charge in [0.1, 0.15) is 11.8 Å². The van der Waals surface area contributed by atoms with Crippen LogP contribution in [0, 0.1) is 18.3 Å². The van der Waals surface area contributed by atoms with Gasteiger partial charge in [0.15, 0.2) is 5.69 Å². The van der Waals surface area contributed by atoms with Crippen LogP contribution in [0.15, 0.2) is 30.5 Å². The number of aromatic nitrogens is 2. The maximum atomic E-state index is 9.45. The molecule has 3 rings (SSSR count). The van der Waals surface area contributed by atoms with Gasteiger partial charge in [-0.2, -0.15) is 5.26 Å². The summed E-state index contributed by atoms with van der Waals surface area (Å²) in [5.74, 6) is 0.607. The molecule has 0 saturated heterocycles. The van der Waals surface area contributed by atoms with Crippen LogP contribution >= 0.6 is 11.6 Å². The normalized spacial score (nSPS) is 11.7. The fourth-order valence-corrected chi connectivity index (χ4v) is 3.70. The third kappa shape index (κ3) is 3.81.